The van der Waals surface area contributed by atoms with Crippen LogP contribution < -0.4 is 0 Å². The van der Waals surface area contributed by atoms with Crippen molar-refractivity contribution in [3.63, 3.8) is 0 Å². The van der Waals surface area contributed by atoms with Crippen LogP contribution in [0.2, 0.25) is 0 Å². The zero-order valence-corrected chi connectivity index (χ0v) is 6.30. The number of carbonyl (C=O) groups is 2. The molecule has 0 aromatic heterocycles. The molecule has 5 heteroatoms. The van der Waals surface area contributed by atoms with E-state index >= 15 is 0 Å². The molecule has 0 heterocycles. The van der Waals surface area contributed by atoms with Crippen LogP contribution in [0.4, 0.5) is 0 Å². The fraction of sp³-hybridized carbons (Fsp3) is 0. The first-order chi connectivity index (χ1) is 4.04. The first kappa shape index (κ1) is 8.95. The third-order valence-electron chi connectivity index (χ3n) is 0.428. The molecular weight excluding hydrogens is 186 g/mol. The second kappa shape index (κ2) is 3.88. The maximum absolute atomic E-state index is 10.0. The maximum Gasteiger partial charge on any atom is 0.263 e. The summed E-state index contributed by atoms with van der Waals surface area (Å²) in [5.41, 5.74) is 0. The number of carbonyl (C=O) groups excluding carboxylic acids is 2. The van der Waals surface area contributed by atoms with Gasteiger partial charge in [0, 0.05) is 6.08 Å². The quantitative estimate of drug-likeness (QED) is 0.486. The van der Waals surface area contributed by atoms with E-state index in [1.54, 1.807) is 0 Å². The van der Waals surface area contributed by atoms with E-state index in [0.717, 1.165) is 6.08 Å². The van der Waals surface area contributed by atoms with Crippen molar-refractivity contribution < 1.29 is 9.59 Å². The van der Waals surface area contributed by atoms with E-state index < -0.39 is 10.5 Å². The highest BCUT2D eigenvalue weighted by Crippen LogP contribution is 2.05. The molecule has 0 saturated heterocycles. The first-order valence-electron chi connectivity index (χ1n) is 1.80. The average Bonchev–Trinajstić information content (AvgIpc) is 1.63. The smallest absolute Gasteiger partial charge is 0.263 e. The first-order valence-corrected chi connectivity index (χ1v) is 2.94. The highest BCUT2D eigenvalue weighted by molar-refractivity contribution is 6.76. The summed E-state index contributed by atoms with van der Waals surface area (Å²) >= 11 is 14.7. The molecule has 9 heavy (non-hydrogen) atoms. The van der Waals surface area contributed by atoms with Gasteiger partial charge in [-0.2, -0.15) is 0 Å². The standard InChI is InChI=1S/C4HCl3O2/c5-2(4(7)9)1-3(6)8/h1H/b2-1-. The molecular formula is C4HCl3O2. The van der Waals surface area contributed by atoms with Crippen molar-refractivity contribution in [1.82, 2.24) is 0 Å². The summed E-state index contributed by atoms with van der Waals surface area (Å²) in [7, 11) is 0. The second-order valence-corrected chi connectivity index (χ2v) is 2.19. The highest BCUT2D eigenvalue weighted by atomic mass is 35.5. The summed E-state index contributed by atoms with van der Waals surface area (Å²) in [4.78, 5) is 20.0. The minimum Gasteiger partial charge on any atom is -0.276 e. The van der Waals surface area contributed by atoms with E-state index in [-0.39, 0.29) is 5.03 Å². The van der Waals surface area contributed by atoms with Crippen molar-refractivity contribution in [2.24, 2.45) is 0 Å². The summed E-state index contributed by atoms with van der Waals surface area (Å²) in [6.07, 6.45) is 0.735. The van der Waals surface area contributed by atoms with Gasteiger partial charge in [0.2, 0.25) is 5.24 Å². The molecule has 2 nitrogen and oxygen atoms in total. The minimum absolute atomic E-state index is 0.378. The van der Waals surface area contributed by atoms with Gasteiger partial charge >= 0.3 is 0 Å². The largest absolute Gasteiger partial charge is 0.276 e. The van der Waals surface area contributed by atoms with E-state index in [1.165, 1.54) is 0 Å². The molecule has 0 atom stereocenters. The lowest BCUT2D eigenvalue weighted by atomic mass is 10.5. The van der Waals surface area contributed by atoms with Gasteiger partial charge < -0.3 is 0 Å². The van der Waals surface area contributed by atoms with Gasteiger partial charge in [-0.05, 0) is 23.2 Å². The molecule has 0 saturated carbocycles. The van der Waals surface area contributed by atoms with E-state index in [9.17, 15) is 9.59 Å². The van der Waals surface area contributed by atoms with E-state index in [2.05, 4.69) is 0 Å². The Kier molecular flexibility index (Phi) is 3.86. The Hall–Kier alpha value is -0.0500. The number of hydrogen-bond donors (Lipinski definition) is 0. The van der Waals surface area contributed by atoms with Crippen LogP contribution >= 0.6 is 34.8 Å². The van der Waals surface area contributed by atoms with Gasteiger partial charge in [0.1, 0.15) is 5.03 Å². The molecule has 0 aliphatic rings. The van der Waals surface area contributed by atoms with E-state index in [4.69, 9.17) is 34.8 Å². The number of allylic oxidation sites excluding steroid dienone is 2. The molecule has 0 radical (unpaired) electrons. The Bertz CT molecular complexity index is 173. The molecule has 0 unspecified atom stereocenters. The van der Waals surface area contributed by atoms with Gasteiger partial charge in [0.05, 0.1) is 0 Å². The fourth-order valence-electron chi connectivity index (χ4n) is 0.156. The van der Waals surface area contributed by atoms with Crippen LogP contribution in [0.15, 0.2) is 11.1 Å². The predicted octanol–water partition coefficient (Wildman–Crippen LogP) is 1.64. The summed E-state index contributed by atoms with van der Waals surface area (Å²) in [5.74, 6) is 0. The zero-order valence-electron chi connectivity index (χ0n) is 4.03. The SMILES string of the molecule is O=C(Cl)/C=C(\Cl)C(=O)Cl. The molecule has 0 rings (SSSR count). The van der Waals surface area contributed by atoms with Crippen LogP contribution in [0.3, 0.4) is 0 Å². The average molecular weight is 187 g/mol. The van der Waals surface area contributed by atoms with Crippen LogP contribution in [0.1, 0.15) is 0 Å². The molecule has 0 aliphatic carbocycles. The predicted molar refractivity (Wildman–Crippen MR) is 35.7 cm³/mol. The summed E-state index contributed by atoms with van der Waals surface area (Å²) in [6.45, 7) is 0. The Morgan fingerprint density at radius 1 is 1.11 bits per heavy atom. The van der Waals surface area contributed by atoms with Crippen molar-refractivity contribution in [3.8, 4) is 0 Å². The Morgan fingerprint density at radius 3 is 1.67 bits per heavy atom. The maximum atomic E-state index is 10.0. The summed E-state index contributed by atoms with van der Waals surface area (Å²) in [5, 5.41) is -2.10. The molecule has 0 N–H and O–H groups in total. The lowest BCUT2D eigenvalue weighted by molar-refractivity contribution is -0.110. The Labute approximate surface area is 66.4 Å². The summed E-state index contributed by atoms with van der Waals surface area (Å²) in [6, 6.07) is 0. The van der Waals surface area contributed by atoms with Gasteiger partial charge in [-0.15, -0.1) is 0 Å². The molecule has 0 aromatic rings. The topological polar surface area (TPSA) is 34.1 Å². The molecule has 50 valence electrons. The Balaban J connectivity index is 4.17. The number of hydrogen-bond acceptors (Lipinski definition) is 2. The van der Waals surface area contributed by atoms with Crippen molar-refractivity contribution >= 4 is 45.3 Å². The monoisotopic (exact) mass is 186 g/mol. The second-order valence-electron chi connectivity index (χ2n) is 1.07. The van der Waals surface area contributed by atoms with Gasteiger partial charge in [-0.25, -0.2) is 0 Å². The van der Waals surface area contributed by atoms with Crippen LogP contribution in [0, 0.1) is 0 Å². The van der Waals surface area contributed by atoms with E-state index in [1.807, 2.05) is 0 Å². The van der Waals surface area contributed by atoms with Crippen LogP contribution in [-0.4, -0.2) is 10.5 Å². The van der Waals surface area contributed by atoms with Crippen molar-refractivity contribution in [3.05, 3.63) is 11.1 Å². The molecule has 0 amide bonds. The fourth-order valence-corrected chi connectivity index (χ4v) is 0.475. The molecule has 0 fully saturated rings. The van der Waals surface area contributed by atoms with E-state index in [0.29, 0.717) is 0 Å². The lowest BCUT2D eigenvalue weighted by Gasteiger charge is -1.81. The van der Waals surface area contributed by atoms with Crippen molar-refractivity contribution in [2.45, 2.75) is 0 Å². The number of rotatable bonds is 2. The van der Waals surface area contributed by atoms with Gasteiger partial charge in [0.25, 0.3) is 5.24 Å². The van der Waals surface area contributed by atoms with Gasteiger partial charge in [0.15, 0.2) is 0 Å². The Morgan fingerprint density at radius 2 is 1.56 bits per heavy atom. The van der Waals surface area contributed by atoms with Crippen LogP contribution in [-0.2, 0) is 9.59 Å². The molecule has 0 aromatic carbocycles. The zero-order chi connectivity index (χ0) is 7.44. The third kappa shape index (κ3) is 4.45. The molecule has 0 spiro atoms. The van der Waals surface area contributed by atoms with Gasteiger partial charge in [-0.1, -0.05) is 11.6 Å². The molecule has 0 bridgehead atoms. The summed E-state index contributed by atoms with van der Waals surface area (Å²) < 4.78 is 0. The van der Waals surface area contributed by atoms with Crippen molar-refractivity contribution in [2.75, 3.05) is 0 Å². The third-order valence-corrected chi connectivity index (χ3v) is 1.12. The van der Waals surface area contributed by atoms with Crippen molar-refractivity contribution in [1.29, 1.82) is 0 Å². The van der Waals surface area contributed by atoms with Crippen LogP contribution in [0.5, 0.6) is 0 Å². The molecule has 0 aliphatic heterocycles. The number of halogens is 3. The normalized spacial score (nSPS) is 11.2. The minimum atomic E-state index is -0.898. The highest BCUT2D eigenvalue weighted by Gasteiger charge is 2.02. The van der Waals surface area contributed by atoms with Crippen LogP contribution in [0.25, 0.3) is 0 Å². The lowest BCUT2D eigenvalue weighted by Crippen LogP contribution is -1.87. The van der Waals surface area contributed by atoms with Gasteiger partial charge in [-0.3, -0.25) is 9.59 Å².